The Kier molecular flexibility index (Phi) is 11.6. The predicted molar refractivity (Wildman–Crippen MR) is 111 cm³/mol. The fourth-order valence-electron chi connectivity index (χ4n) is 3.36. The molecular formula is C22H29Cl2N3O3-2. The molecule has 6 nitrogen and oxygen atoms in total. The van der Waals surface area contributed by atoms with E-state index in [0.29, 0.717) is 18.0 Å². The van der Waals surface area contributed by atoms with Crippen molar-refractivity contribution in [3.05, 3.63) is 60.8 Å². The number of ether oxygens (including phenoxy) is 2. The van der Waals surface area contributed by atoms with Crippen molar-refractivity contribution in [2.75, 3.05) is 51.3 Å². The topological polar surface area (TPSA) is 58.1 Å². The normalized spacial score (nSPS) is 14.8. The second-order valence-electron chi connectivity index (χ2n) is 6.92. The Morgan fingerprint density at radius 2 is 1.90 bits per heavy atom. The number of hydrogen-bond acceptors (Lipinski definition) is 6. The molecule has 0 bridgehead atoms. The maximum absolute atomic E-state index is 10.4. The van der Waals surface area contributed by atoms with Crippen LogP contribution in [0.3, 0.4) is 0 Å². The molecule has 1 fully saturated rings. The average Bonchev–Trinajstić information content (AvgIpc) is 2.74. The second kappa shape index (κ2) is 13.3. The number of methoxy groups -OCH3 is 1. The molecule has 1 aliphatic heterocycles. The molecule has 0 amide bonds. The Bertz CT molecular complexity index is 757. The lowest BCUT2D eigenvalue weighted by Crippen LogP contribution is -3.00. The molecule has 0 radical (unpaired) electrons. The molecule has 1 N–H and O–H groups in total. The van der Waals surface area contributed by atoms with Crippen LogP contribution in [0.25, 0.3) is 0 Å². The van der Waals surface area contributed by atoms with E-state index in [0.717, 1.165) is 44.0 Å². The number of aromatic nitrogens is 1. The molecule has 3 rings (SSSR count). The van der Waals surface area contributed by atoms with Crippen LogP contribution in [0.4, 0.5) is 5.82 Å². The van der Waals surface area contributed by atoms with Crippen LogP contribution in [0.15, 0.2) is 55.3 Å². The van der Waals surface area contributed by atoms with Crippen LogP contribution in [0.2, 0.25) is 0 Å². The van der Waals surface area contributed by atoms with Crippen molar-refractivity contribution in [3.63, 3.8) is 0 Å². The summed E-state index contributed by atoms with van der Waals surface area (Å²) in [5.41, 5.74) is 1.12. The number of halogens is 2. The Morgan fingerprint density at radius 1 is 1.13 bits per heavy atom. The first-order valence-electron chi connectivity index (χ1n) is 9.66. The van der Waals surface area contributed by atoms with Crippen molar-refractivity contribution in [2.24, 2.45) is 0 Å². The lowest BCUT2D eigenvalue weighted by Gasteiger charge is -2.36. The van der Waals surface area contributed by atoms with E-state index in [9.17, 15) is 5.11 Å². The molecule has 0 aliphatic carbocycles. The highest BCUT2D eigenvalue weighted by molar-refractivity contribution is 5.43. The van der Waals surface area contributed by atoms with Crippen molar-refractivity contribution in [3.8, 4) is 11.5 Å². The molecule has 1 aromatic heterocycles. The minimum atomic E-state index is -0.557. The minimum Gasteiger partial charge on any atom is -1.00 e. The number of pyridine rings is 1. The van der Waals surface area contributed by atoms with Gasteiger partial charge in [0.1, 0.15) is 18.5 Å². The molecule has 0 saturated carbocycles. The van der Waals surface area contributed by atoms with Gasteiger partial charge in [0.2, 0.25) is 0 Å². The lowest BCUT2D eigenvalue weighted by atomic mass is 10.1. The summed E-state index contributed by atoms with van der Waals surface area (Å²) in [6.07, 6.45) is 3.90. The van der Waals surface area contributed by atoms with Crippen LogP contribution in [0.5, 0.6) is 11.5 Å². The first-order valence-corrected chi connectivity index (χ1v) is 9.66. The van der Waals surface area contributed by atoms with Gasteiger partial charge in [-0.15, -0.1) is 6.58 Å². The van der Waals surface area contributed by atoms with E-state index >= 15 is 0 Å². The van der Waals surface area contributed by atoms with Gasteiger partial charge in [-0.3, -0.25) is 4.90 Å². The summed E-state index contributed by atoms with van der Waals surface area (Å²) < 4.78 is 11.2. The van der Waals surface area contributed by atoms with E-state index in [-0.39, 0.29) is 31.4 Å². The van der Waals surface area contributed by atoms with Crippen LogP contribution in [0, 0.1) is 0 Å². The number of anilines is 1. The largest absolute Gasteiger partial charge is 1.00 e. The van der Waals surface area contributed by atoms with Crippen molar-refractivity contribution < 1.29 is 39.4 Å². The summed E-state index contributed by atoms with van der Waals surface area (Å²) in [7, 11) is 1.62. The molecule has 1 unspecified atom stereocenters. The number of benzene rings is 1. The van der Waals surface area contributed by atoms with E-state index in [1.54, 1.807) is 7.11 Å². The van der Waals surface area contributed by atoms with Gasteiger partial charge in [-0.05, 0) is 36.2 Å². The Balaban J connectivity index is 0.00000225. The first kappa shape index (κ1) is 26.0. The Hall–Kier alpha value is -1.99. The predicted octanol–water partition coefficient (Wildman–Crippen LogP) is -3.61. The SMILES string of the molecule is C=CCc1ccc(OCC(O)CN2CCN(c3ccccn3)CC2)c(OC)c1.[Cl-].[Cl-]. The van der Waals surface area contributed by atoms with E-state index in [4.69, 9.17) is 9.47 Å². The number of aliphatic hydroxyl groups is 1. The van der Waals surface area contributed by atoms with Crippen molar-refractivity contribution in [1.82, 2.24) is 9.88 Å². The highest BCUT2D eigenvalue weighted by Gasteiger charge is 2.20. The first-order chi connectivity index (χ1) is 13.7. The van der Waals surface area contributed by atoms with Gasteiger partial charge < -0.3 is 44.3 Å². The summed E-state index contributed by atoms with van der Waals surface area (Å²) in [6.45, 7) is 8.18. The van der Waals surface area contributed by atoms with Gasteiger partial charge in [0.15, 0.2) is 11.5 Å². The molecule has 1 aromatic carbocycles. The molecule has 30 heavy (non-hydrogen) atoms. The van der Waals surface area contributed by atoms with Gasteiger partial charge in [0.25, 0.3) is 0 Å². The van der Waals surface area contributed by atoms with E-state index < -0.39 is 6.10 Å². The smallest absolute Gasteiger partial charge is 0.161 e. The standard InChI is InChI=1S/C22H29N3O3.2ClH/c1-3-6-18-8-9-20(21(15-18)27-2)28-17-19(26)16-24-11-13-25(14-12-24)22-7-4-5-10-23-22;;/h3-5,7-10,15,19,26H,1,6,11-14,16-17H2,2H3;2*1H/p-2. The molecule has 1 aliphatic rings. The number of allylic oxidation sites excluding steroid dienone is 1. The van der Waals surface area contributed by atoms with Gasteiger partial charge in [-0.25, -0.2) is 4.98 Å². The number of hydrogen-bond donors (Lipinski definition) is 1. The number of β-amino-alcohol motifs (C(OH)–C–C–N with tert-alkyl or cyclic N) is 1. The molecule has 2 heterocycles. The van der Waals surface area contributed by atoms with E-state index in [2.05, 4.69) is 21.4 Å². The van der Waals surface area contributed by atoms with Crippen LogP contribution >= 0.6 is 0 Å². The molecule has 0 spiro atoms. The summed E-state index contributed by atoms with van der Waals surface area (Å²) in [6, 6.07) is 11.8. The van der Waals surface area contributed by atoms with E-state index in [1.165, 1.54) is 0 Å². The maximum Gasteiger partial charge on any atom is 0.161 e. The van der Waals surface area contributed by atoms with Gasteiger partial charge in [0.05, 0.1) is 7.11 Å². The molecule has 2 aromatic rings. The summed E-state index contributed by atoms with van der Waals surface area (Å²) in [4.78, 5) is 8.94. The van der Waals surface area contributed by atoms with Gasteiger partial charge in [-0.2, -0.15) is 0 Å². The molecule has 1 saturated heterocycles. The molecule has 166 valence electrons. The second-order valence-corrected chi connectivity index (χ2v) is 6.92. The third kappa shape index (κ3) is 7.36. The number of piperazine rings is 1. The van der Waals surface area contributed by atoms with Gasteiger partial charge in [-0.1, -0.05) is 18.2 Å². The summed E-state index contributed by atoms with van der Waals surface area (Å²) in [5, 5.41) is 10.4. The Morgan fingerprint density at radius 3 is 2.53 bits per heavy atom. The summed E-state index contributed by atoms with van der Waals surface area (Å²) in [5.74, 6) is 2.34. The average molecular weight is 454 g/mol. The van der Waals surface area contributed by atoms with Crippen LogP contribution in [-0.2, 0) is 6.42 Å². The highest BCUT2D eigenvalue weighted by atomic mass is 35.5. The van der Waals surface area contributed by atoms with Crippen molar-refractivity contribution >= 4 is 5.82 Å². The highest BCUT2D eigenvalue weighted by Crippen LogP contribution is 2.28. The lowest BCUT2D eigenvalue weighted by molar-refractivity contribution is -0.00100. The zero-order valence-corrected chi connectivity index (χ0v) is 18.7. The third-order valence-corrected chi connectivity index (χ3v) is 4.85. The number of rotatable bonds is 9. The van der Waals surface area contributed by atoms with Crippen molar-refractivity contribution in [2.45, 2.75) is 12.5 Å². The molecule has 8 heteroatoms. The molecule has 1 atom stereocenters. The summed E-state index contributed by atoms with van der Waals surface area (Å²) >= 11 is 0. The zero-order chi connectivity index (χ0) is 19.8. The number of aliphatic hydroxyl groups excluding tert-OH is 1. The van der Waals surface area contributed by atoms with Gasteiger partial charge >= 0.3 is 0 Å². The van der Waals surface area contributed by atoms with E-state index in [1.807, 2.05) is 48.7 Å². The zero-order valence-electron chi connectivity index (χ0n) is 17.2. The van der Waals surface area contributed by atoms with Crippen LogP contribution in [-0.4, -0.2) is 67.5 Å². The fraction of sp³-hybridized carbons (Fsp3) is 0.409. The minimum absolute atomic E-state index is 0. The monoisotopic (exact) mass is 453 g/mol. The Labute approximate surface area is 191 Å². The maximum atomic E-state index is 10.4. The third-order valence-electron chi connectivity index (χ3n) is 4.85. The molecular weight excluding hydrogens is 425 g/mol. The van der Waals surface area contributed by atoms with Gasteiger partial charge in [0, 0.05) is 38.9 Å². The van der Waals surface area contributed by atoms with Crippen LogP contribution < -0.4 is 39.2 Å². The quantitative estimate of drug-likeness (QED) is 0.395. The number of nitrogens with zero attached hydrogens (tertiary/aromatic N) is 3. The van der Waals surface area contributed by atoms with Crippen molar-refractivity contribution in [1.29, 1.82) is 0 Å². The van der Waals surface area contributed by atoms with Crippen LogP contribution in [0.1, 0.15) is 5.56 Å². The fourth-order valence-corrected chi connectivity index (χ4v) is 3.36.